The molecule has 0 aliphatic carbocycles. The molecule has 0 aliphatic heterocycles. The Bertz CT molecular complexity index is 344. The van der Waals surface area contributed by atoms with E-state index in [2.05, 4.69) is 0 Å². The Hall–Kier alpha value is -1.20. The standard InChI is InChI=1S/C9H10O4S/c1-2-13-8-5-3-7(4-6-8)9(10)14(11)12/h3-6H,2H2,1H3,(H,11,12)/p-1. The maximum Gasteiger partial charge on any atom is 0.236 e. The van der Waals surface area contributed by atoms with Crippen LogP contribution in [0, 0.1) is 0 Å². The maximum atomic E-state index is 11.0. The lowest BCUT2D eigenvalue weighted by molar-refractivity contribution is 0.107. The molecule has 1 aromatic rings. The largest absolute Gasteiger partial charge is 0.766 e. The zero-order valence-electron chi connectivity index (χ0n) is 7.56. The van der Waals surface area contributed by atoms with E-state index >= 15 is 0 Å². The Morgan fingerprint density at radius 2 is 2.00 bits per heavy atom. The molecule has 5 heteroatoms. The Morgan fingerprint density at radius 1 is 1.43 bits per heavy atom. The normalized spacial score (nSPS) is 12.1. The van der Waals surface area contributed by atoms with Gasteiger partial charge in [-0.1, -0.05) is 0 Å². The molecule has 0 radical (unpaired) electrons. The van der Waals surface area contributed by atoms with Gasteiger partial charge in [0.05, 0.1) is 6.61 Å². The van der Waals surface area contributed by atoms with Crippen molar-refractivity contribution in [1.29, 1.82) is 0 Å². The average molecular weight is 213 g/mol. The number of benzene rings is 1. The van der Waals surface area contributed by atoms with Gasteiger partial charge in [0.15, 0.2) is 0 Å². The molecule has 1 unspecified atom stereocenters. The van der Waals surface area contributed by atoms with Crippen LogP contribution in [0.15, 0.2) is 24.3 Å². The van der Waals surface area contributed by atoms with Gasteiger partial charge in [-0.25, -0.2) is 0 Å². The third-order valence-corrected chi connectivity index (χ3v) is 2.09. The first-order valence-electron chi connectivity index (χ1n) is 4.01. The van der Waals surface area contributed by atoms with Crippen molar-refractivity contribution >= 4 is 16.2 Å². The average Bonchev–Trinajstić information content (AvgIpc) is 2.18. The van der Waals surface area contributed by atoms with Crippen LogP contribution in [0.2, 0.25) is 0 Å². The number of hydrogen-bond acceptors (Lipinski definition) is 4. The molecular weight excluding hydrogens is 204 g/mol. The van der Waals surface area contributed by atoms with Gasteiger partial charge >= 0.3 is 0 Å². The second kappa shape index (κ2) is 4.88. The molecule has 0 saturated carbocycles. The van der Waals surface area contributed by atoms with Crippen molar-refractivity contribution in [2.24, 2.45) is 0 Å². The van der Waals surface area contributed by atoms with Crippen LogP contribution in [0.3, 0.4) is 0 Å². The minimum Gasteiger partial charge on any atom is -0.766 e. The summed E-state index contributed by atoms with van der Waals surface area (Å²) in [6, 6.07) is 5.96. The number of carbonyl (C=O) groups is 1. The molecule has 0 heterocycles. The summed E-state index contributed by atoms with van der Waals surface area (Å²) in [5.41, 5.74) is 0.141. The summed E-state index contributed by atoms with van der Waals surface area (Å²) in [5, 5.41) is -0.909. The van der Waals surface area contributed by atoms with Gasteiger partial charge < -0.3 is 9.29 Å². The molecule has 0 aliphatic rings. The highest BCUT2D eigenvalue weighted by Gasteiger charge is 2.05. The monoisotopic (exact) mass is 213 g/mol. The minimum atomic E-state index is -2.70. The van der Waals surface area contributed by atoms with E-state index in [9.17, 15) is 13.6 Å². The fourth-order valence-electron chi connectivity index (χ4n) is 0.950. The van der Waals surface area contributed by atoms with E-state index < -0.39 is 16.2 Å². The predicted molar refractivity (Wildman–Crippen MR) is 50.9 cm³/mol. The first kappa shape index (κ1) is 10.9. The fourth-order valence-corrected chi connectivity index (χ4v) is 1.28. The zero-order chi connectivity index (χ0) is 10.6. The maximum absolute atomic E-state index is 11.0. The SMILES string of the molecule is CCOc1ccc(C(=O)S(=O)[O-])cc1. The highest BCUT2D eigenvalue weighted by atomic mass is 32.2. The van der Waals surface area contributed by atoms with Crippen molar-refractivity contribution in [1.82, 2.24) is 0 Å². The lowest BCUT2D eigenvalue weighted by atomic mass is 10.2. The van der Waals surface area contributed by atoms with Crippen molar-refractivity contribution in [3.63, 3.8) is 0 Å². The summed E-state index contributed by atoms with van der Waals surface area (Å²) in [6.07, 6.45) is 0. The van der Waals surface area contributed by atoms with E-state index in [1.165, 1.54) is 12.1 Å². The molecule has 0 spiro atoms. The summed E-state index contributed by atoms with van der Waals surface area (Å²) in [5.74, 6) is 0.612. The predicted octanol–water partition coefficient (Wildman–Crippen LogP) is 1.10. The molecule has 0 amide bonds. The molecular formula is C9H9O4S-. The van der Waals surface area contributed by atoms with E-state index in [-0.39, 0.29) is 5.56 Å². The van der Waals surface area contributed by atoms with Crippen LogP contribution in [0.1, 0.15) is 17.3 Å². The Balaban J connectivity index is 2.83. The van der Waals surface area contributed by atoms with Gasteiger partial charge in [0.2, 0.25) is 5.12 Å². The second-order valence-corrected chi connectivity index (χ2v) is 3.32. The Labute approximate surface area is 84.2 Å². The van der Waals surface area contributed by atoms with E-state index in [0.717, 1.165) is 0 Å². The lowest BCUT2D eigenvalue weighted by Gasteiger charge is -2.05. The van der Waals surface area contributed by atoms with Crippen molar-refractivity contribution < 1.29 is 18.3 Å². The molecule has 0 aromatic heterocycles. The molecule has 14 heavy (non-hydrogen) atoms. The van der Waals surface area contributed by atoms with Crippen LogP contribution >= 0.6 is 0 Å². The van der Waals surface area contributed by atoms with Gasteiger partial charge in [-0.15, -0.1) is 0 Å². The van der Waals surface area contributed by atoms with E-state index in [0.29, 0.717) is 12.4 Å². The van der Waals surface area contributed by atoms with Crippen LogP contribution in [0.5, 0.6) is 5.75 Å². The number of hydrogen-bond donors (Lipinski definition) is 0. The van der Waals surface area contributed by atoms with E-state index in [1.54, 1.807) is 12.1 Å². The molecule has 0 bridgehead atoms. The molecule has 0 N–H and O–H groups in total. The molecule has 76 valence electrons. The number of carbonyl (C=O) groups excluding carboxylic acids is 1. The molecule has 0 fully saturated rings. The van der Waals surface area contributed by atoms with Crippen LogP contribution < -0.4 is 4.74 Å². The highest BCUT2D eigenvalue weighted by Crippen LogP contribution is 2.12. The van der Waals surface area contributed by atoms with Crippen LogP contribution in [0.4, 0.5) is 0 Å². The minimum absolute atomic E-state index is 0.141. The molecule has 4 nitrogen and oxygen atoms in total. The first-order chi connectivity index (χ1) is 6.65. The first-order valence-corrected chi connectivity index (χ1v) is 5.09. The van der Waals surface area contributed by atoms with Gasteiger partial charge in [0.25, 0.3) is 0 Å². The van der Waals surface area contributed by atoms with Gasteiger partial charge in [0.1, 0.15) is 5.75 Å². The molecule has 1 atom stereocenters. The fraction of sp³-hybridized carbons (Fsp3) is 0.222. The van der Waals surface area contributed by atoms with Crippen LogP contribution in [0.25, 0.3) is 0 Å². The van der Waals surface area contributed by atoms with Gasteiger partial charge in [-0.2, -0.15) is 0 Å². The number of ether oxygens (including phenoxy) is 1. The summed E-state index contributed by atoms with van der Waals surface area (Å²) in [7, 11) is 0. The van der Waals surface area contributed by atoms with Crippen LogP contribution in [-0.2, 0) is 11.1 Å². The van der Waals surface area contributed by atoms with Crippen molar-refractivity contribution in [2.75, 3.05) is 6.61 Å². The third kappa shape index (κ3) is 2.65. The molecule has 1 rings (SSSR count). The summed E-state index contributed by atoms with van der Waals surface area (Å²) >= 11 is -2.70. The highest BCUT2D eigenvalue weighted by molar-refractivity contribution is 7.95. The summed E-state index contributed by atoms with van der Waals surface area (Å²) < 4.78 is 25.8. The van der Waals surface area contributed by atoms with Gasteiger partial charge in [-0.3, -0.25) is 9.00 Å². The smallest absolute Gasteiger partial charge is 0.236 e. The lowest BCUT2D eigenvalue weighted by Crippen LogP contribution is -2.06. The van der Waals surface area contributed by atoms with Gasteiger partial charge in [-0.05, 0) is 31.2 Å². The molecule has 0 saturated heterocycles. The van der Waals surface area contributed by atoms with Gasteiger partial charge in [0, 0.05) is 16.6 Å². The van der Waals surface area contributed by atoms with Crippen LogP contribution in [-0.4, -0.2) is 20.5 Å². The van der Waals surface area contributed by atoms with Crippen molar-refractivity contribution in [3.05, 3.63) is 29.8 Å². The molecule has 1 aromatic carbocycles. The van der Waals surface area contributed by atoms with E-state index in [4.69, 9.17) is 4.74 Å². The Kier molecular flexibility index (Phi) is 3.79. The Morgan fingerprint density at radius 3 is 2.43 bits per heavy atom. The summed E-state index contributed by atoms with van der Waals surface area (Å²) in [4.78, 5) is 11.0. The van der Waals surface area contributed by atoms with Crippen molar-refractivity contribution in [3.8, 4) is 5.75 Å². The quantitative estimate of drug-likeness (QED) is 0.705. The van der Waals surface area contributed by atoms with E-state index in [1.807, 2.05) is 6.92 Å². The number of rotatable bonds is 3. The second-order valence-electron chi connectivity index (χ2n) is 2.48. The zero-order valence-corrected chi connectivity index (χ0v) is 8.37. The van der Waals surface area contributed by atoms with Crippen molar-refractivity contribution in [2.45, 2.75) is 6.92 Å². The summed E-state index contributed by atoms with van der Waals surface area (Å²) in [6.45, 7) is 2.37. The third-order valence-electron chi connectivity index (χ3n) is 1.55. The topological polar surface area (TPSA) is 66.4 Å².